The Morgan fingerprint density at radius 3 is 1.84 bits per heavy atom. The molecule has 1 aromatic heterocycles. The molecule has 7 aromatic carbocycles. The topological polar surface area (TPSA) is 19.6 Å². The van der Waals surface area contributed by atoms with Gasteiger partial charge in [0.1, 0.15) is 5.58 Å². The number of rotatable bonds is 4. The van der Waals surface area contributed by atoms with Crippen molar-refractivity contribution in [1.29, 1.82) is 0 Å². The molecule has 0 saturated carbocycles. The molecular weight excluding hydrogens is 703 g/mol. The lowest BCUT2D eigenvalue weighted by Gasteiger charge is -2.46. The predicted molar refractivity (Wildman–Crippen MR) is 244 cm³/mol. The van der Waals surface area contributed by atoms with Gasteiger partial charge in [-0.05, 0) is 199 Å². The van der Waals surface area contributed by atoms with Crippen molar-refractivity contribution in [2.75, 3.05) is 9.71 Å². The fourth-order valence-corrected chi connectivity index (χ4v) is 11.3. The SMILES string of the molecule is Cc1cccc(C)c1-c1ccc(N2B3c4cc5c(cc4N(c4ccc6c(c4)CCC6)c4cc6ccoc6c(c43)-c3cc(-c4c(C)cccc4C)ccc32)CCC5)cc1. The van der Waals surface area contributed by atoms with Crippen LogP contribution in [0.2, 0.25) is 0 Å². The molecule has 0 fully saturated rings. The number of nitrogens with zero attached hydrogens (tertiary/aromatic N) is 2. The quantitative estimate of drug-likeness (QED) is 0.167. The molecule has 0 spiro atoms. The first-order chi connectivity index (χ1) is 28.4. The van der Waals surface area contributed by atoms with Gasteiger partial charge in [-0.2, -0.15) is 0 Å². The number of anilines is 5. The maximum Gasteiger partial charge on any atom is 0.333 e. The van der Waals surface area contributed by atoms with Crippen molar-refractivity contribution in [3.8, 4) is 33.4 Å². The molecule has 0 N–H and O–H groups in total. The molecule has 0 saturated heterocycles. The van der Waals surface area contributed by atoms with Crippen LogP contribution in [0.5, 0.6) is 0 Å². The molecule has 4 heteroatoms. The second-order valence-electron chi connectivity index (χ2n) is 17.3. The zero-order chi connectivity index (χ0) is 38.8. The third kappa shape index (κ3) is 4.87. The van der Waals surface area contributed by atoms with E-state index in [1.165, 1.54) is 137 Å². The fraction of sp³-hybridized carbons (Fsp3) is 0.185. The van der Waals surface area contributed by atoms with E-state index in [0.29, 0.717) is 0 Å². The minimum atomic E-state index is -0.0596. The van der Waals surface area contributed by atoms with Crippen LogP contribution in [-0.2, 0) is 25.7 Å². The number of fused-ring (bicyclic) bond motifs is 8. The van der Waals surface area contributed by atoms with E-state index in [1.54, 1.807) is 0 Å². The van der Waals surface area contributed by atoms with Gasteiger partial charge in [0.05, 0.1) is 6.26 Å². The zero-order valence-corrected chi connectivity index (χ0v) is 33.7. The van der Waals surface area contributed by atoms with Crippen LogP contribution in [0.25, 0.3) is 44.3 Å². The highest BCUT2D eigenvalue weighted by molar-refractivity contribution is 6.94. The minimum absolute atomic E-state index is 0.0596. The van der Waals surface area contributed by atoms with Crippen LogP contribution in [0.15, 0.2) is 132 Å². The van der Waals surface area contributed by atoms with E-state index in [9.17, 15) is 0 Å². The molecule has 280 valence electrons. The van der Waals surface area contributed by atoms with Crippen LogP contribution < -0.4 is 20.6 Å². The average molecular weight is 749 g/mol. The first kappa shape index (κ1) is 33.8. The highest BCUT2D eigenvalue weighted by Crippen LogP contribution is 2.51. The van der Waals surface area contributed by atoms with Gasteiger partial charge < -0.3 is 14.1 Å². The zero-order valence-electron chi connectivity index (χ0n) is 33.7. The Hall–Kier alpha value is -6.26. The lowest BCUT2D eigenvalue weighted by Crippen LogP contribution is -2.61. The van der Waals surface area contributed by atoms with Crippen molar-refractivity contribution in [2.45, 2.75) is 66.2 Å². The molecule has 58 heavy (non-hydrogen) atoms. The Labute approximate surface area is 341 Å². The number of aryl methyl sites for hydroxylation is 8. The van der Waals surface area contributed by atoms with Crippen LogP contribution in [0.4, 0.5) is 28.4 Å². The highest BCUT2D eigenvalue weighted by atomic mass is 16.3. The third-order valence-corrected chi connectivity index (χ3v) is 13.9. The van der Waals surface area contributed by atoms with Crippen molar-refractivity contribution in [2.24, 2.45) is 0 Å². The number of benzene rings is 7. The van der Waals surface area contributed by atoms with E-state index in [0.717, 1.165) is 30.2 Å². The molecule has 4 aliphatic rings. The molecule has 0 amide bonds. The summed E-state index contributed by atoms with van der Waals surface area (Å²) in [4.78, 5) is 5.26. The largest absolute Gasteiger partial charge is 0.464 e. The normalized spacial score (nSPS) is 14.7. The molecule has 3 nitrogen and oxygen atoms in total. The van der Waals surface area contributed by atoms with Crippen LogP contribution in [-0.4, -0.2) is 6.85 Å². The minimum Gasteiger partial charge on any atom is -0.464 e. The maximum atomic E-state index is 6.59. The number of hydrogen-bond acceptors (Lipinski definition) is 3. The van der Waals surface area contributed by atoms with Gasteiger partial charge in [0.2, 0.25) is 0 Å². The van der Waals surface area contributed by atoms with E-state index in [1.807, 2.05) is 6.26 Å². The van der Waals surface area contributed by atoms with E-state index in [2.05, 4.69) is 159 Å². The van der Waals surface area contributed by atoms with Crippen molar-refractivity contribution >= 4 is 57.2 Å². The first-order valence-electron chi connectivity index (χ1n) is 21.2. The van der Waals surface area contributed by atoms with Gasteiger partial charge in [-0.3, -0.25) is 0 Å². The van der Waals surface area contributed by atoms with Gasteiger partial charge in [0.15, 0.2) is 0 Å². The van der Waals surface area contributed by atoms with Gasteiger partial charge in [-0.1, -0.05) is 66.7 Å². The smallest absolute Gasteiger partial charge is 0.333 e. The second kappa shape index (κ2) is 12.6. The van der Waals surface area contributed by atoms with Gasteiger partial charge in [0.25, 0.3) is 0 Å². The molecule has 0 unspecified atom stereocenters. The number of hydrogen-bond donors (Lipinski definition) is 0. The van der Waals surface area contributed by atoms with Gasteiger partial charge >= 0.3 is 6.85 Å². The standard InChI is InChI=1S/C54H45BN2O/c1-32-9-5-10-33(2)50(32)37-18-21-43(22-19-37)57-47-24-20-41(51-34(3)11-6-12-35(51)4)28-45(47)52-53-49(31-42-25-26-58-54(42)52)56(44-23-17-36-13-7-14-38(36)27-44)48-30-40-16-8-15-39(40)29-46(48)55(53)57/h5-6,9-12,17-31H,7-8,13-16H2,1-4H3. The summed E-state index contributed by atoms with van der Waals surface area (Å²) in [6, 6.07) is 46.8. The Balaban J connectivity index is 1.17. The summed E-state index contributed by atoms with van der Waals surface area (Å²) in [5.41, 5.74) is 28.6. The highest BCUT2D eigenvalue weighted by Gasteiger charge is 2.47. The molecule has 3 heterocycles. The van der Waals surface area contributed by atoms with Crippen molar-refractivity contribution in [3.05, 3.63) is 172 Å². The average Bonchev–Trinajstić information content (AvgIpc) is 4.01. The van der Waals surface area contributed by atoms with Crippen LogP contribution in [0, 0.1) is 27.7 Å². The molecular formula is C54H45BN2O. The van der Waals surface area contributed by atoms with Crippen LogP contribution >= 0.6 is 0 Å². The summed E-state index contributed by atoms with van der Waals surface area (Å²) in [6.07, 6.45) is 8.92. The molecule has 0 atom stereocenters. The van der Waals surface area contributed by atoms with Crippen molar-refractivity contribution in [3.63, 3.8) is 0 Å². The van der Waals surface area contributed by atoms with E-state index < -0.39 is 0 Å². The van der Waals surface area contributed by atoms with Crippen molar-refractivity contribution in [1.82, 2.24) is 0 Å². The molecule has 12 rings (SSSR count). The molecule has 8 aromatic rings. The van der Waals surface area contributed by atoms with Gasteiger partial charge in [0, 0.05) is 45.0 Å². The maximum absolute atomic E-state index is 6.59. The van der Waals surface area contributed by atoms with E-state index >= 15 is 0 Å². The summed E-state index contributed by atoms with van der Waals surface area (Å²) in [5.74, 6) is 0. The summed E-state index contributed by atoms with van der Waals surface area (Å²) in [6.45, 7) is 8.86. The van der Waals surface area contributed by atoms with E-state index in [-0.39, 0.29) is 6.85 Å². The monoisotopic (exact) mass is 748 g/mol. The van der Waals surface area contributed by atoms with Gasteiger partial charge in [-0.15, -0.1) is 0 Å². The molecule has 2 aliphatic carbocycles. The summed E-state index contributed by atoms with van der Waals surface area (Å²) in [7, 11) is 0. The Kier molecular flexibility index (Phi) is 7.37. The summed E-state index contributed by atoms with van der Waals surface area (Å²) >= 11 is 0. The lowest BCUT2D eigenvalue weighted by molar-refractivity contribution is 0.617. The number of furan rings is 1. The molecule has 0 bridgehead atoms. The lowest BCUT2D eigenvalue weighted by atomic mass is 9.43. The van der Waals surface area contributed by atoms with Crippen LogP contribution in [0.3, 0.4) is 0 Å². The van der Waals surface area contributed by atoms with Crippen LogP contribution in [0.1, 0.15) is 57.3 Å². The Bertz CT molecular complexity index is 2990. The Morgan fingerprint density at radius 1 is 0.500 bits per heavy atom. The van der Waals surface area contributed by atoms with Gasteiger partial charge in [-0.25, -0.2) is 0 Å². The molecule has 2 aliphatic heterocycles. The predicted octanol–water partition coefficient (Wildman–Crippen LogP) is 12.7. The Morgan fingerprint density at radius 2 is 1.12 bits per heavy atom. The summed E-state index contributed by atoms with van der Waals surface area (Å²) < 4.78 is 6.59. The van der Waals surface area contributed by atoms with E-state index in [4.69, 9.17) is 4.42 Å². The molecule has 0 radical (unpaired) electrons. The second-order valence-corrected chi connectivity index (χ2v) is 17.3. The summed E-state index contributed by atoms with van der Waals surface area (Å²) in [5, 5.41) is 1.14. The fourth-order valence-electron chi connectivity index (χ4n) is 11.3. The first-order valence-corrected chi connectivity index (χ1v) is 21.2. The third-order valence-electron chi connectivity index (χ3n) is 13.9. The van der Waals surface area contributed by atoms with Crippen molar-refractivity contribution < 1.29 is 4.42 Å².